The highest BCUT2D eigenvalue weighted by Gasteiger charge is 1.93. The van der Waals surface area contributed by atoms with Crippen LogP contribution in [0.4, 0.5) is 0 Å². The summed E-state index contributed by atoms with van der Waals surface area (Å²) < 4.78 is 0. The van der Waals surface area contributed by atoms with Crippen molar-refractivity contribution in [2.24, 2.45) is 0 Å². The van der Waals surface area contributed by atoms with Crippen molar-refractivity contribution in [2.45, 2.75) is 59.5 Å². The normalized spacial score (nSPS) is 15.8. The summed E-state index contributed by atoms with van der Waals surface area (Å²) >= 11 is 0. The van der Waals surface area contributed by atoms with Crippen molar-refractivity contribution in [3.05, 3.63) is 35.5 Å². The van der Waals surface area contributed by atoms with E-state index < -0.39 is 0 Å². The Labute approximate surface area is 101 Å². The summed E-state index contributed by atoms with van der Waals surface area (Å²) in [5.74, 6) is 0. The van der Waals surface area contributed by atoms with Gasteiger partial charge in [0.05, 0.1) is 6.10 Å². The Morgan fingerprint density at radius 3 is 2.31 bits per heavy atom. The zero-order chi connectivity index (χ0) is 12.4. The van der Waals surface area contributed by atoms with Crippen LogP contribution in [-0.4, -0.2) is 11.2 Å². The molecule has 16 heavy (non-hydrogen) atoms. The first-order valence-electron chi connectivity index (χ1n) is 6.18. The molecule has 0 bridgehead atoms. The van der Waals surface area contributed by atoms with Gasteiger partial charge in [0.1, 0.15) is 0 Å². The minimum Gasteiger partial charge on any atom is -0.389 e. The molecule has 0 aliphatic heterocycles. The van der Waals surface area contributed by atoms with Gasteiger partial charge in [-0.25, -0.2) is 0 Å². The summed E-state index contributed by atoms with van der Waals surface area (Å²) in [5.41, 5.74) is 2.73. The molecule has 92 valence electrons. The van der Waals surface area contributed by atoms with Crippen molar-refractivity contribution in [1.82, 2.24) is 0 Å². The van der Waals surface area contributed by atoms with E-state index in [0.29, 0.717) is 0 Å². The highest BCUT2D eigenvalue weighted by molar-refractivity contribution is 5.05. The molecule has 0 aliphatic rings. The van der Waals surface area contributed by atoms with Crippen molar-refractivity contribution in [3.63, 3.8) is 0 Å². The zero-order valence-electron chi connectivity index (χ0n) is 11.2. The summed E-state index contributed by atoms with van der Waals surface area (Å²) in [5, 5.41) is 9.18. The Bertz CT molecular complexity index is 257. The van der Waals surface area contributed by atoms with E-state index in [-0.39, 0.29) is 6.10 Å². The number of aliphatic hydroxyl groups excluding tert-OH is 1. The first-order valence-corrected chi connectivity index (χ1v) is 6.18. The van der Waals surface area contributed by atoms with E-state index in [1.54, 1.807) is 6.92 Å². The molecule has 0 spiro atoms. The number of allylic oxidation sites excluding steroid dienone is 5. The maximum absolute atomic E-state index is 9.18. The van der Waals surface area contributed by atoms with E-state index >= 15 is 0 Å². The van der Waals surface area contributed by atoms with E-state index in [9.17, 15) is 5.11 Å². The molecule has 1 unspecified atom stereocenters. The lowest BCUT2D eigenvalue weighted by Gasteiger charge is -2.02. The highest BCUT2D eigenvalue weighted by atomic mass is 16.3. The van der Waals surface area contributed by atoms with Crippen LogP contribution in [0.1, 0.15) is 53.4 Å². The van der Waals surface area contributed by atoms with Gasteiger partial charge in [0, 0.05) is 0 Å². The molecule has 0 radical (unpaired) electrons. The summed E-state index contributed by atoms with van der Waals surface area (Å²) in [6, 6.07) is 0. The predicted octanol–water partition coefficient (Wildman–Crippen LogP) is 4.40. The fourth-order valence-electron chi connectivity index (χ4n) is 1.62. The van der Waals surface area contributed by atoms with E-state index in [1.165, 1.54) is 11.1 Å². The van der Waals surface area contributed by atoms with Crippen molar-refractivity contribution in [2.75, 3.05) is 0 Å². The summed E-state index contributed by atoms with van der Waals surface area (Å²) in [6.45, 7) is 8.12. The van der Waals surface area contributed by atoms with Crippen LogP contribution >= 0.6 is 0 Å². The number of hydrogen-bond donors (Lipinski definition) is 1. The van der Waals surface area contributed by atoms with Gasteiger partial charge in [0.25, 0.3) is 0 Å². The number of rotatable bonds is 7. The average molecular weight is 222 g/mol. The Balaban J connectivity index is 3.81. The first-order chi connectivity index (χ1) is 7.56. The van der Waals surface area contributed by atoms with Crippen LogP contribution in [0, 0.1) is 0 Å². The lowest BCUT2D eigenvalue weighted by atomic mass is 10.1. The van der Waals surface area contributed by atoms with Crippen LogP contribution < -0.4 is 0 Å². The van der Waals surface area contributed by atoms with Crippen molar-refractivity contribution >= 4 is 0 Å². The molecule has 0 aromatic heterocycles. The van der Waals surface area contributed by atoms with Crippen molar-refractivity contribution < 1.29 is 5.11 Å². The van der Waals surface area contributed by atoms with E-state index in [2.05, 4.69) is 39.0 Å². The second kappa shape index (κ2) is 9.41. The van der Waals surface area contributed by atoms with Crippen molar-refractivity contribution in [1.29, 1.82) is 0 Å². The fraction of sp³-hybridized carbons (Fsp3) is 0.600. The second-order valence-corrected chi connectivity index (χ2v) is 4.45. The Morgan fingerprint density at radius 2 is 1.75 bits per heavy atom. The Kier molecular flexibility index (Phi) is 8.93. The van der Waals surface area contributed by atoms with Crippen LogP contribution in [0.2, 0.25) is 0 Å². The molecular weight excluding hydrogens is 196 g/mol. The van der Waals surface area contributed by atoms with Crippen LogP contribution in [0.25, 0.3) is 0 Å². The minimum atomic E-state index is -0.320. The summed E-state index contributed by atoms with van der Waals surface area (Å²) in [4.78, 5) is 0. The number of aliphatic hydroxyl groups is 1. The lowest BCUT2D eigenvalue weighted by molar-refractivity contribution is 0.243. The standard InChI is InChI=1S/C15H26O/c1-5-6-7-9-13(2)10-8-11-14(3)12-15(4)16/h5-6,10,12,15-16H,7-9,11H2,1-4H3. The van der Waals surface area contributed by atoms with Crippen LogP contribution in [0.5, 0.6) is 0 Å². The topological polar surface area (TPSA) is 20.2 Å². The second-order valence-electron chi connectivity index (χ2n) is 4.45. The van der Waals surface area contributed by atoms with Gasteiger partial charge in [0.2, 0.25) is 0 Å². The van der Waals surface area contributed by atoms with Gasteiger partial charge >= 0.3 is 0 Å². The molecule has 1 heteroatoms. The Hall–Kier alpha value is -0.820. The van der Waals surface area contributed by atoms with Gasteiger partial charge in [-0.2, -0.15) is 0 Å². The molecule has 0 fully saturated rings. The van der Waals surface area contributed by atoms with Gasteiger partial charge in [-0.15, -0.1) is 0 Å². The smallest absolute Gasteiger partial charge is 0.0695 e. The monoisotopic (exact) mass is 222 g/mol. The molecule has 1 nitrogen and oxygen atoms in total. The molecule has 0 amide bonds. The summed E-state index contributed by atoms with van der Waals surface area (Å²) in [7, 11) is 0. The molecule has 0 rings (SSSR count). The third-order valence-electron chi connectivity index (χ3n) is 2.50. The maximum atomic E-state index is 9.18. The van der Waals surface area contributed by atoms with Gasteiger partial charge < -0.3 is 5.11 Å². The third kappa shape index (κ3) is 9.72. The van der Waals surface area contributed by atoms with Gasteiger partial charge in [-0.05, 0) is 53.4 Å². The molecule has 0 heterocycles. The van der Waals surface area contributed by atoms with Gasteiger partial charge in [0.15, 0.2) is 0 Å². The average Bonchev–Trinajstić information content (AvgIpc) is 2.17. The molecule has 0 saturated carbocycles. The number of hydrogen-bond acceptors (Lipinski definition) is 1. The molecule has 1 N–H and O–H groups in total. The SMILES string of the molecule is CC=CCCC(C)=CCCC(C)=CC(C)O. The van der Waals surface area contributed by atoms with Gasteiger partial charge in [-0.1, -0.05) is 35.5 Å². The van der Waals surface area contributed by atoms with Crippen LogP contribution in [0.15, 0.2) is 35.5 Å². The lowest BCUT2D eigenvalue weighted by Crippen LogP contribution is -1.94. The fourth-order valence-corrected chi connectivity index (χ4v) is 1.62. The predicted molar refractivity (Wildman–Crippen MR) is 72.5 cm³/mol. The van der Waals surface area contributed by atoms with Gasteiger partial charge in [-0.3, -0.25) is 0 Å². The third-order valence-corrected chi connectivity index (χ3v) is 2.50. The first kappa shape index (κ1) is 15.2. The maximum Gasteiger partial charge on any atom is 0.0695 e. The van der Waals surface area contributed by atoms with E-state index in [1.807, 2.05) is 6.08 Å². The minimum absolute atomic E-state index is 0.320. The molecule has 0 saturated heterocycles. The van der Waals surface area contributed by atoms with E-state index in [0.717, 1.165) is 25.7 Å². The zero-order valence-corrected chi connectivity index (χ0v) is 11.2. The van der Waals surface area contributed by atoms with E-state index in [4.69, 9.17) is 0 Å². The molecule has 0 aromatic carbocycles. The highest BCUT2D eigenvalue weighted by Crippen LogP contribution is 2.10. The largest absolute Gasteiger partial charge is 0.389 e. The van der Waals surface area contributed by atoms with Crippen LogP contribution in [0.3, 0.4) is 0 Å². The quantitative estimate of drug-likeness (QED) is 0.633. The molecular formula is C15H26O. The van der Waals surface area contributed by atoms with Crippen LogP contribution in [-0.2, 0) is 0 Å². The molecule has 1 atom stereocenters. The van der Waals surface area contributed by atoms with Crippen molar-refractivity contribution in [3.8, 4) is 0 Å². The molecule has 0 aliphatic carbocycles. The Morgan fingerprint density at radius 1 is 1.12 bits per heavy atom. The molecule has 0 aromatic rings. The summed E-state index contributed by atoms with van der Waals surface area (Å²) in [6.07, 6.45) is 12.6.